The molecule has 0 saturated heterocycles. The van der Waals surface area contributed by atoms with Crippen LogP contribution in [0.15, 0.2) is 23.1 Å². The molecule has 4 bridgehead atoms. The molecule has 0 unspecified atom stereocenters. The molecule has 4 aliphatic carbocycles. The number of hydrogen-bond donors (Lipinski definition) is 1. The van der Waals surface area contributed by atoms with Crippen LogP contribution in [0.5, 0.6) is 0 Å². The number of nitrogens with one attached hydrogen (secondary N) is 1. The quantitative estimate of drug-likeness (QED) is 0.769. The van der Waals surface area contributed by atoms with Gasteiger partial charge in [0, 0.05) is 4.90 Å². The molecule has 6 rings (SSSR count). The van der Waals surface area contributed by atoms with E-state index in [2.05, 4.69) is 34.8 Å². The fraction of sp³-hybridized carbons (Fsp3) is 0.579. The highest BCUT2D eigenvalue weighted by Gasteiger charge is 2.54. The largest absolute Gasteiger partial charge is 0.301 e. The van der Waals surface area contributed by atoms with Crippen molar-refractivity contribution in [2.45, 2.75) is 43.4 Å². The molecule has 24 heavy (non-hydrogen) atoms. The molecule has 0 spiro atoms. The van der Waals surface area contributed by atoms with Gasteiger partial charge in [0.05, 0.1) is 15.6 Å². The van der Waals surface area contributed by atoms with Crippen LogP contribution in [-0.4, -0.2) is 17.1 Å². The van der Waals surface area contributed by atoms with Gasteiger partial charge in [-0.3, -0.25) is 4.79 Å². The second-order valence-electron chi connectivity index (χ2n) is 8.00. The van der Waals surface area contributed by atoms with Crippen LogP contribution in [0.25, 0.3) is 10.2 Å². The molecule has 2 aromatic rings. The summed E-state index contributed by atoms with van der Waals surface area (Å²) in [6, 6.07) is 6.31. The van der Waals surface area contributed by atoms with E-state index in [4.69, 9.17) is 0 Å². The summed E-state index contributed by atoms with van der Waals surface area (Å²) in [5.74, 6) is 2.62. The first-order valence-electron chi connectivity index (χ1n) is 8.89. The number of benzene rings is 1. The number of thioether (sulfide) groups is 1. The Hall–Kier alpha value is -1.07. The van der Waals surface area contributed by atoms with Crippen molar-refractivity contribution >= 4 is 44.4 Å². The Labute approximate surface area is 150 Å². The fourth-order valence-corrected chi connectivity index (χ4v) is 7.12. The van der Waals surface area contributed by atoms with Gasteiger partial charge in [0.25, 0.3) is 0 Å². The van der Waals surface area contributed by atoms with Crippen molar-refractivity contribution in [1.29, 1.82) is 0 Å². The van der Waals surface area contributed by atoms with Crippen LogP contribution >= 0.6 is 23.1 Å². The second kappa shape index (κ2) is 5.46. The van der Waals surface area contributed by atoms with E-state index in [1.165, 1.54) is 24.2 Å². The minimum absolute atomic E-state index is 0.100. The first kappa shape index (κ1) is 15.2. The molecule has 4 aliphatic rings. The lowest BCUT2D eigenvalue weighted by atomic mass is 9.49. The molecule has 126 valence electrons. The van der Waals surface area contributed by atoms with Gasteiger partial charge < -0.3 is 5.32 Å². The molecule has 0 radical (unpaired) electrons. The van der Waals surface area contributed by atoms with Crippen molar-refractivity contribution in [1.82, 2.24) is 4.98 Å². The number of amides is 1. The van der Waals surface area contributed by atoms with E-state index in [1.54, 1.807) is 23.1 Å². The maximum atomic E-state index is 13.1. The average molecular weight is 359 g/mol. The van der Waals surface area contributed by atoms with Gasteiger partial charge in [0.1, 0.15) is 0 Å². The van der Waals surface area contributed by atoms with Crippen LogP contribution in [0, 0.1) is 23.2 Å². The molecule has 0 atom stereocenters. The van der Waals surface area contributed by atoms with Gasteiger partial charge in [-0.1, -0.05) is 11.3 Å². The number of carbonyl (C=O) groups excluding carboxylic acids is 1. The van der Waals surface area contributed by atoms with Crippen molar-refractivity contribution in [2.75, 3.05) is 11.6 Å². The summed E-state index contributed by atoms with van der Waals surface area (Å²) >= 11 is 3.34. The molecule has 1 N–H and O–H groups in total. The summed E-state index contributed by atoms with van der Waals surface area (Å²) < 4.78 is 1.16. The van der Waals surface area contributed by atoms with Gasteiger partial charge >= 0.3 is 0 Å². The summed E-state index contributed by atoms with van der Waals surface area (Å²) in [6.07, 6.45) is 9.49. The summed E-state index contributed by atoms with van der Waals surface area (Å²) in [6.45, 7) is 0. The fourth-order valence-electron chi connectivity index (χ4n) is 5.70. The van der Waals surface area contributed by atoms with Gasteiger partial charge in [-0.15, -0.1) is 11.8 Å². The summed E-state index contributed by atoms with van der Waals surface area (Å²) in [5.41, 5.74) is 0.885. The third kappa shape index (κ3) is 2.39. The van der Waals surface area contributed by atoms with E-state index >= 15 is 0 Å². The number of fused-ring (bicyclic) bond motifs is 1. The number of thiazole rings is 1. The zero-order valence-electron chi connectivity index (χ0n) is 13.9. The maximum Gasteiger partial charge on any atom is 0.232 e. The molecular weight excluding hydrogens is 336 g/mol. The Morgan fingerprint density at radius 3 is 2.50 bits per heavy atom. The minimum Gasteiger partial charge on any atom is -0.301 e. The second-order valence-corrected chi connectivity index (χ2v) is 9.91. The van der Waals surface area contributed by atoms with E-state index < -0.39 is 0 Å². The molecule has 1 aromatic heterocycles. The van der Waals surface area contributed by atoms with Gasteiger partial charge in [-0.25, -0.2) is 4.98 Å². The monoisotopic (exact) mass is 358 g/mol. The SMILES string of the molecule is CSc1ccc2nc(NC(=O)C34CC5CC(CC(C5)C3)C4)sc2c1. The molecule has 4 saturated carbocycles. The smallest absolute Gasteiger partial charge is 0.232 e. The summed E-state index contributed by atoms with van der Waals surface area (Å²) in [4.78, 5) is 19.0. The molecule has 1 heterocycles. The standard InChI is InChI=1S/C19H22N2OS2/c1-23-14-2-3-15-16(7-14)24-18(20-15)21-17(22)19-8-11-4-12(9-19)6-13(5-11)10-19/h2-3,7,11-13H,4-6,8-10H2,1H3,(H,20,21,22). The highest BCUT2D eigenvalue weighted by Crippen LogP contribution is 2.60. The van der Waals surface area contributed by atoms with E-state index in [-0.39, 0.29) is 11.3 Å². The Morgan fingerprint density at radius 2 is 1.88 bits per heavy atom. The van der Waals surface area contributed by atoms with Crippen molar-refractivity contribution in [3.05, 3.63) is 18.2 Å². The van der Waals surface area contributed by atoms with E-state index in [1.807, 2.05) is 0 Å². The Bertz CT molecular complexity index is 778. The summed E-state index contributed by atoms with van der Waals surface area (Å²) in [7, 11) is 0. The first-order chi connectivity index (χ1) is 11.6. The predicted molar refractivity (Wildman–Crippen MR) is 101 cm³/mol. The number of nitrogens with zero attached hydrogens (tertiary/aromatic N) is 1. The number of aromatic nitrogens is 1. The Morgan fingerprint density at radius 1 is 1.21 bits per heavy atom. The van der Waals surface area contributed by atoms with Crippen molar-refractivity contribution in [3.8, 4) is 0 Å². The lowest BCUT2D eigenvalue weighted by Gasteiger charge is -2.55. The van der Waals surface area contributed by atoms with Crippen molar-refractivity contribution in [2.24, 2.45) is 23.2 Å². The maximum absolute atomic E-state index is 13.1. The molecule has 5 heteroatoms. The topological polar surface area (TPSA) is 42.0 Å². The van der Waals surface area contributed by atoms with Crippen molar-refractivity contribution < 1.29 is 4.79 Å². The third-order valence-electron chi connectivity index (χ3n) is 6.34. The van der Waals surface area contributed by atoms with Crippen LogP contribution in [0.3, 0.4) is 0 Å². The Kier molecular flexibility index (Phi) is 3.46. The highest BCUT2D eigenvalue weighted by atomic mass is 32.2. The first-order valence-corrected chi connectivity index (χ1v) is 10.9. The van der Waals surface area contributed by atoms with Crippen LogP contribution in [-0.2, 0) is 4.79 Å². The van der Waals surface area contributed by atoms with Gasteiger partial charge in [-0.2, -0.15) is 0 Å². The zero-order valence-corrected chi connectivity index (χ0v) is 15.5. The number of hydrogen-bond acceptors (Lipinski definition) is 4. The third-order valence-corrected chi connectivity index (χ3v) is 7.99. The molecule has 0 aliphatic heterocycles. The average Bonchev–Trinajstić information content (AvgIpc) is 2.94. The molecule has 4 fully saturated rings. The molecule has 1 amide bonds. The summed E-state index contributed by atoms with van der Waals surface area (Å²) in [5, 5.41) is 3.96. The number of anilines is 1. The minimum atomic E-state index is -0.100. The lowest BCUT2D eigenvalue weighted by Crippen LogP contribution is -2.51. The van der Waals surface area contributed by atoms with E-state index in [0.29, 0.717) is 0 Å². The van der Waals surface area contributed by atoms with Gasteiger partial charge in [-0.05, 0) is 80.7 Å². The van der Waals surface area contributed by atoms with Crippen LogP contribution in [0.4, 0.5) is 5.13 Å². The van der Waals surface area contributed by atoms with E-state index in [9.17, 15) is 4.79 Å². The normalized spacial score (nSPS) is 34.0. The van der Waals surface area contributed by atoms with Crippen LogP contribution < -0.4 is 5.32 Å². The molecule has 3 nitrogen and oxygen atoms in total. The van der Waals surface area contributed by atoms with Crippen LogP contribution in [0.2, 0.25) is 0 Å². The number of carbonyl (C=O) groups is 1. The van der Waals surface area contributed by atoms with E-state index in [0.717, 1.165) is 52.4 Å². The highest BCUT2D eigenvalue weighted by molar-refractivity contribution is 7.98. The van der Waals surface area contributed by atoms with Crippen LogP contribution in [0.1, 0.15) is 38.5 Å². The predicted octanol–water partition coefficient (Wildman–Crippen LogP) is 5.17. The lowest BCUT2D eigenvalue weighted by molar-refractivity contribution is -0.140. The van der Waals surface area contributed by atoms with Crippen molar-refractivity contribution in [3.63, 3.8) is 0 Å². The molecular formula is C19H22N2OS2. The Balaban J connectivity index is 1.40. The van der Waals surface area contributed by atoms with Gasteiger partial charge in [0.15, 0.2) is 5.13 Å². The molecule has 1 aromatic carbocycles. The van der Waals surface area contributed by atoms with Gasteiger partial charge in [0.2, 0.25) is 5.91 Å². The zero-order chi connectivity index (χ0) is 16.3. The number of rotatable bonds is 3.